The number of amides is 2. The molecular weight excluding hydrogens is 305 g/mol. The van der Waals surface area contributed by atoms with Gasteiger partial charge in [0.2, 0.25) is 5.13 Å². The van der Waals surface area contributed by atoms with Gasteiger partial charge in [-0.1, -0.05) is 18.3 Å². The Morgan fingerprint density at radius 2 is 2.21 bits per heavy atom. The van der Waals surface area contributed by atoms with E-state index in [4.69, 9.17) is 5.11 Å². The van der Waals surface area contributed by atoms with Crippen molar-refractivity contribution >= 4 is 34.3 Å². The van der Waals surface area contributed by atoms with Crippen molar-refractivity contribution in [3.05, 3.63) is 0 Å². The molecule has 0 saturated heterocycles. The third-order valence-electron chi connectivity index (χ3n) is 1.75. The average molecular weight is 316 g/mol. The van der Waals surface area contributed by atoms with Crippen LogP contribution in [0.15, 0.2) is 4.34 Å². The SMILES string of the molecule is CC(CO)CNC(=O)Nc1nnc(SC(F)(F)F)s1. The molecule has 0 aliphatic carbocycles. The molecule has 0 bridgehead atoms. The normalized spacial score (nSPS) is 13.1. The van der Waals surface area contributed by atoms with Crippen LogP contribution in [-0.4, -0.2) is 40.0 Å². The van der Waals surface area contributed by atoms with Gasteiger partial charge in [-0.3, -0.25) is 5.32 Å². The number of urea groups is 1. The van der Waals surface area contributed by atoms with Crippen molar-refractivity contribution in [1.29, 1.82) is 0 Å². The van der Waals surface area contributed by atoms with Crippen molar-refractivity contribution in [3.8, 4) is 0 Å². The molecule has 0 aliphatic heterocycles. The van der Waals surface area contributed by atoms with Crippen molar-refractivity contribution in [2.45, 2.75) is 16.8 Å². The van der Waals surface area contributed by atoms with Crippen molar-refractivity contribution < 1.29 is 23.1 Å². The first-order valence-corrected chi connectivity index (χ1v) is 6.68. The van der Waals surface area contributed by atoms with Crippen LogP contribution in [0, 0.1) is 5.92 Å². The molecule has 11 heteroatoms. The monoisotopic (exact) mass is 316 g/mol. The number of nitrogens with one attached hydrogen (secondary N) is 2. The molecule has 0 aliphatic rings. The molecule has 0 fully saturated rings. The summed E-state index contributed by atoms with van der Waals surface area (Å²) >= 11 is 0.238. The van der Waals surface area contributed by atoms with E-state index in [1.165, 1.54) is 0 Å². The summed E-state index contributed by atoms with van der Waals surface area (Å²) in [7, 11) is 0. The molecule has 0 radical (unpaired) electrons. The fraction of sp³-hybridized carbons (Fsp3) is 0.625. The number of aliphatic hydroxyl groups excluding tert-OH is 1. The van der Waals surface area contributed by atoms with Gasteiger partial charge in [0.15, 0.2) is 4.34 Å². The Balaban J connectivity index is 2.43. The highest BCUT2D eigenvalue weighted by Crippen LogP contribution is 2.38. The molecule has 1 aromatic rings. The van der Waals surface area contributed by atoms with Crippen LogP contribution in [0.1, 0.15) is 6.92 Å². The zero-order valence-corrected chi connectivity index (χ0v) is 11.3. The maximum atomic E-state index is 12.0. The molecule has 1 rings (SSSR count). The Hall–Kier alpha value is -1.07. The number of thioether (sulfide) groups is 1. The molecule has 19 heavy (non-hydrogen) atoms. The molecule has 1 atom stereocenters. The Morgan fingerprint density at radius 3 is 2.79 bits per heavy atom. The van der Waals surface area contributed by atoms with Crippen LogP contribution in [0.2, 0.25) is 0 Å². The number of aliphatic hydroxyl groups is 1. The molecule has 108 valence electrons. The summed E-state index contributed by atoms with van der Waals surface area (Å²) in [4.78, 5) is 11.3. The maximum absolute atomic E-state index is 12.0. The minimum absolute atomic E-state index is 0.0269. The van der Waals surface area contributed by atoms with Crippen molar-refractivity contribution in [1.82, 2.24) is 15.5 Å². The summed E-state index contributed by atoms with van der Waals surface area (Å²) in [6.45, 7) is 1.89. The van der Waals surface area contributed by atoms with Crippen LogP contribution in [0.4, 0.5) is 23.1 Å². The molecule has 0 spiro atoms. The molecule has 2 amide bonds. The second-order valence-electron chi connectivity index (χ2n) is 3.54. The number of halogens is 3. The number of hydrogen-bond acceptors (Lipinski definition) is 6. The van der Waals surface area contributed by atoms with E-state index in [0.717, 1.165) is 0 Å². The van der Waals surface area contributed by atoms with Gasteiger partial charge in [-0.15, -0.1) is 10.2 Å². The Labute approximate surface area is 114 Å². The van der Waals surface area contributed by atoms with E-state index in [-0.39, 0.29) is 40.3 Å². The van der Waals surface area contributed by atoms with Crippen LogP contribution in [0.25, 0.3) is 0 Å². The van der Waals surface area contributed by atoms with Gasteiger partial charge in [0.1, 0.15) is 0 Å². The number of rotatable bonds is 5. The molecule has 0 aromatic carbocycles. The lowest BCUT2D eigenvalue weighted by molar-refractivity contribution is -0.0328. The molecule has 1 aromatic heterocycles. The Morgan fingerprint density at radius 1 is 1.53 bits per heavy atom. The minimum atomic E-state index is -4.43. The van der Waals surface area contributed by atoms with Gasteiger partial charge in [0, 0.05) is 24.9 Å². The fourth-order valence-electron chi connectivity index (χ4n) is 0.873. The fourth-order valence-corrected chi connectivity index (χ4v) is 2.31. The lowest BCUT2D eigenvalue weighted by Gasteiger charge is -2.08. The maximum Gasteiger partial charge on any atom is 0.448 e. The van der Waals surface area contributed by atoms with Gasteiger partial charge in [-0.25, -0.2) is 4.79 Å². The van der Waals surface area contributed by atoms with E-state index in [1.54, 1.807) is 6.92 Å². The second kappa shape index (κ2) is 6.91. The Kier molecular flexibility index (Phi) is 5.82. The summed E-state index contributed by atoms with van der Waals surface area (Å²) in [6.07, 6.45) is 0. The van der Waals surface area contributed by atoms with Crippen LogP contribution in [0.5, 0.6) is 0 Å². The third-order valence-corrected chi connectivity index (χ3v) is 3.37. The molecule has 1 unspecified atom stereocenters. The number of carbonyl (C=O) groups excluding carboxylic acids is 1. The molecule has 0 saturated carbocycles. The summed E-state index contributed by atoms with van der Waals surface area (Å²) in [5, 5.41) is 20.1. The van der Waals surface area contributed by atoms with E-state index in [9.17, 15) is 18.0 Å². The smallest absolute Gasteiger partial charge is 0.396 e. The second-order valence-corrected chi connectivity index (χ2v) is 5.83. The van der Waals surface area contributed by atoms with Gasteiger partial charge >= 0.3 is 11.5 Å². The van der Waals surface area contributed by atoms with Gasteiger partial charge in [0.05, 0.1) is 0 Å². The highest BCUT2D eigenvalue weighted by molar-refractivity contribution is 8.01. The number of hydrogen-bond donors (Lipinski definition) is 3. The van der Waals surface area contributed by atoms with Crippen LogP contribution in [0.3, 0.4) is 0 Å². The predicted molar refractivity (Wildman–Crippen MR) is 65.1 cm³/mol. The zero-order chi connectivity index (χ0) is 14.5. The van der Waals surface area contributed by atoms with Gasteiger partial charge in [-0.2, -0.15) is 13.2 Å². The number of anilines is 1. The van der Waals surface area contributed by atoms with E-state index in [2.05, 4.69) is 20.8 Å². The number of alkyl halides is 3. The van der Waals surface area contributed by atoms with Crippen molar-refractivity contribution in [2.75, 3.05) is 18.5 Å². The van der Waals surface area contributed by atoms with Crippen LogP contribution < -0.4 is 10.6 Å². The van der Waals surface area contributed by atoms with Gasteiger partial charge < -0.3 is 10.4 Å². The van der Waals surface area contributed by atoms with Gasteiger partial charge in [-0.05, 0) is 5.92 Å². The first kappa shape index (κ1) is 16.0. The lowest BCUT2D eigenvalue weighted by Crippen LogP contribution is -2.33. The Bertz CT molecular complexity index is 426. The van der Waals surface area contributed by atoms with E-state index in [0.29, 0.717) is 11.3 Å². The number of aromatic nitrogens is 2. The summed E-state index contributed by atoms with van der Waals surface area (Å²) < 4.78 is 35.8. The minimum Gasteiger partial charge on any atom is -0.396 e. The lowest BCUT2D eigenvalue weighted by atomic mass is 10.2. The molecular formula is C8H11F3N4O2S2. The van der Waals surface area contributed by atoms with E-state index in [1.807, 2.05) is 0 Å². The third kappa shape index (κ3) is 6.59. The molecule has 1 heterocycles. The predicted octanol–water partition coefficient (Wildman–Crippen LogP) is 1.90. The molecule has 6 nitrogen and oxygen atoms in total. The van der Waals surface area contributed by atoms with Gasteiger partial charge in [0.25, 0.3) is 0 Å². The molecule has 3 N–H and O–H groups in total. The van der Waals surface area contributed by atoms with Crippen LogP contribution >= 0.6 is 23.1 Å². The van der Waals surface area contributed by atoms with E-state index < -0.39 is 11.5 Å². The summed E-state index contributed by atoms with van der Waals surface area (Å²) in [6, 6.07) is -0.611. The van der Waals surface area contributed by atoms with Crippen molar-refractivity contribution in [2.24, 2.45) is 5.92 Å². The number of carbonyl (C=O) groups is 1. The standard InChI is InChI=1S/C8H11F3N4O2S2/c1-4(3-16)2-12-5(17)13-6-14-15-7(18-6)19-8(9,10)11/h4,16H,2-3H2,1H3,(H2,12,13,14,17). The largest absolute Gasteiger partial charge is 0.448 e. The van der Waals surface area contributed by atoms with Crippen LogP contribution in [-0.2, 0) is 0 Å². The quantitative estimate of drug-likeness (QED) is 0.570. The topological polar surface area (TPSA) is 87.1 Å². The number of nitrogens with zero attached hydrogens (tertiary/aromatic N) is 2. The van der Waals surface area contributed by atoms with E-state index >= 15 is 0 Å². The zero-order valence-electron chi connectivity index (χ0n) is 9.69. The first-order valence-electron chi connectivity index (χ1n) is 5.05. The van der Waals surface area contributed by atoms with Crippen molar-refractivity contribution in [3.63, 3.8) is 0 Å². The highest BCUT2D eigenvalue weighted by atomic mass is 32.2. The summed E-state index contributed by atoms with van der Waals surface area (Å²) in [5.41, 5.74) is -4.43. The summed E-state index contributed by atoms with van der Waals surface area (Å²) in [5.74, 6) is -0.114. The average Bonchev–Trinajstić information content (AvgIpc) is 2.70. The highest BCUT2D eigenvalue weighted by Gasteiger charge is 2.31. The first-order chi connectivity index (χ1) is 8.80.